The molecule has 25 heavy (non-hydrogen) atoms. The first-order valence-corrected chi connectivity index (χ1v) is 8.43. The van der Waals surface area contributed by atoms with Crippen LogP contribution in [0.3, 0.4) is 0 Å². The minimum atomic E-state index is -1.18. The Bertz CT molecular complexity index is 637. The zero-order chi connectivity index (χ0) is 18.5. The van der Waals surface area contributed by atoms with Gasteiger partial charge in [-0.05, 0) is 45.3 Å². The molecule has 3 amide bonds. The molecular weight excluding hydrogens is 320 g/mol. The van der Waals surface area contributed by atoms with E-state index in [0.29, 0.717) is 25.9 Å². The normalized spacial score (nSPS) is 16.7. The SMILES string of the molecule is CC(C)(NC(=O)C1(NC(=O)Cc2ccccc2)CCNCC1)C(N)=O. The number of carbonyl (C=O) groups excluding carboxylic acids is 3. The van der Waals surface area contributed by atoms with Crippen molar-refractivity contribution in [3.63, 3.8) is 0 Å². The van der Waals surface area contributed by atoms with Crippen LogP contribution in [-0.4, -0.2) is 41.9 Å². The molecule has 1 aliphatic rings. The van der Waals surface area contributed by atoms with Crippen LogP contribution in [0.15, 0.2) is 30.3 Å². The van der Waals surface area contributed by atoms with E-state index in [-0.39, 0.29) is 18.2 Å². The third-order valence-corrected chi connectivity index (χ3v) is 4.52. The molecule has 0 atom stereocenters. The second kappa shape index (κ2) is 7.65. The van der Waals surface area contributed by atoms with Crippen LogP contribution in [0, 0.1) is 0 Å². The van der Waals surface area contributed by atoms with Crippen molar-refractivity contribution in [2.24, 2.45) is 5.73 Å². The number of benzene rings is 1. The largest absolute Gasteiger partial charge is 0.368 e. The molecule has 0 unspecified atom stereocenters. The molecule has 2 rings (SSSR count). The van der Waals surface area contributed by atoms with E-state index in [4.69, 9.17) is 5.73 Å². The van der Waals surface area contributed by atoms with E-state index >= 15 is 0 Å². The monoisotopic (exact) mass is 346 g/mol. The third kappa shape index (κ3) is 4.79. The fourth-order valence-electron chi connectivity index (χ4n) is 2.82. The molecular formula is C18H26N4O3. The fourth-order valence-corrected chi connectivity index (χ4v) is 2.82. The summed E-state index contributed by atoms with van der Waals surface area (Å²) in [6.45, 7) is 4.31. The Labute approximate surface area is 147 Å². The van der Waals surface area contributed by atoms with E-state index in [9.17, 15) is 14.4 Å². The molecule has 136 valence electrons. The van der Waals surface area contributed by atoms with Crippen LogP contribution in [0.2, 0.25) is 0 Å². The van der Waals surface area contributed by atoms with Crippen molar-refractivity contribution in [1.82, 2.24) is 16.0 Å². The maximum Gasteiger partial charge on any atom is 0.246 e. The fraction of sp³-hybridized carbons (Fsp3) is 0.500. The molecule has 1 fully saturated rings. The number of piperidine rings is 1. The lowest BCUT2D eigenvalue weighted by Gasteiger charge is -2.39. The second-order valence-corrected chi connectivity index (χ2v) is 6.99. The summed E-state index contributed by atoms with van der Waals surface area (Å²) in [6.07, 6.45) is 1.10. The molecule has 0 radical (unpaired) electrons. The van der Waals surface area contributed by atoms with Gasteiger partial charge in [-0.25, -0.2) is 0 Å². The quantitative estimate of drug-likeness (QED) is 0.573. The summed E-state index contributed by atoms with van der Waals surface area (Å²) in [5.41, 5.74) is 4.00. The molecule has 1 aromatic rings. The summed E-state index contributed by atoms with van der Waals surface area (Å²) in [5, 5.41) is 8.76. The first-order valence-electron chi connectivity index (χ1n) is 8.43. The van der Waals surface area contributed by atoms with E-state index in [2.05, 4.69) is 16.0 Å². The van der Waals surface area contributed by atoms with Gasteiger partial charge in [-0.1, -0.05) is 30.3 Å². The molecule has 7 nitrogen and oxygen atoms in total. The van der Waals surface area contributed by atoms with Crippen molar-refractivity contribution in [3.05, 3.63) is 35.9 Å². The maximum atomic E-state index is 12.9. The van der Waals surface area contributed by atoms with E-state index in [1.165, 1.54) is 0 Å². The van der Waals surface area contributed by atoms with Crippen molar-refractivity contribution >= 4 is 17.7 Å². The van der Waals surface area contributed by atoms with Gasteiger partial charge >= 0.3 is 0 Å². The molecule has 0 spiro atoms. The van der Waals surface area contributed by atoms with Crippen LogP contribution < -0.4 is 21.7 Å². The molecule has 0 aromatic heterocycles. The van der Waals surface area contributed by atoms with Crippen LogP contribution in [0.25, 0.3) is 0 Å². The van der Waals surface area contributed by atoms with Gasteiger partial charge in [-0.2, -0.15) is 0 Å². The minimum Gasteiger partial charge on any atom is -0.368 e. The van der Waals surface area contributed by atoms with Crippen molar-refractivity contribution in [3.8, 4) is 0 Å². The van der Waals surface area contributed by atoms with Crippen LogP contribution in [0.5, 0.6) is 0 Å². The first-order chi connectivity index (χ1) is 11.8. The Morgan fingerprint density at radius 3 is 2.32 bits per heavy atom. The van der Waals surface area contributed by atoms with E-state index in [0.717, 1.165) is 5.56 Å². The molecule has 0 bridgehead atoms. The van der Waals surface area contributed by atoms with E-state index in [1.54, 1.807) is 13.8 Å². The standard InChI is InChI=1S/C18H26N4O3/c1-17(2,15(19)24)22-16(25)18(8-10-20-11-9-18)21-14(23)12-13-6-4-3-5-7-13/h3-7,20H,8-12H2,1-2H3,(H2,19,24)(H,21,23)(H,22,25). The smallest absolute Gasteiger partial charge is 0.246 e. The average Bonchev–Trinajstić information content (AvgIpc) is 2.56. The Morgan fingerprint density at radius 2 is 1.76 bits per heavy atom. The van der Waals surface area contributed by atoms with Gasteiger partial charge in [0.2, 0.25) is 17.7 Å². The predicted octanol–water partition coefficient (Wildman–Crippen LogP) is -0.152. The Morgan fingerprint density at radius 1 is 1.16 bits per heavy atom. The number of nitrogens with two attached hydrogens (primary N) is 1. The number of hydrogen-bond donors (Lipinski definition) is 4. The number of nitrogens with one attached hydrogen (secondary N) is 3. The third-order valence-electron chi connectivity index (χ3n) is 4.52. The highest BCUT2D eigenvalue weighted by molar-refractivity contribution is 5.96. The molecule has 0 saturated carbocycles. The van der Waals surface area contributed by atoms with Crippen LogP contribution in [0.1, 0.15) is 32.3 Å². The number of carbonyl (C=O) groups is 3. The molecule has 1 aromatic carbocycles. The van der Waals surface area contributed by atoms with Crippen molar-refractivity contribution in [2.45, 2.75) is 44.2 Å². The van der Waals surface area contributed by atoms with Gasteiger partial charge in [-0.15, -0.1) is 0 Å². The number of rotatable bonds is 6. The van der Waals surface area contributed by atoms with Crippen molar-refractivity contribution in [1.29, 1.82) is 0 Å². The zero-order valence-corrected chi connectivity index (χ0v) is 14.7. The van der Waals surface area contributed by atoms with Crippen LogP contribution >= 0.6 is 0 Å². The lowest BCUT2D eigenvalue weighted by Crippen LogP contribution is -2.67. The van der Waals surface area contributed by atoms with Crippen molar-refractivity contribution < 1.29 is 14.4 Å². The highest BCUT2D eigenvalue weighted by atomic mass is 16.2. The highest BCUT2D eigenvalue weighted by Gasteiger charge is 2.43. The van der Waals surface area contributed by atoms with Gasteiger partial charge in [0.1, 0.15) is 11.1 Å². The molecule has 5 N–H and O–H groups in total. The molecule has 1 heterocycles. The van der Waals surface area contributed by atoms with Crippen LogP contribution in [-0.2, 0) is 20.8 Å². The Balaban J connectivity index is 2.12. The second-order valence-electron chi connectivity index (χ2n) is 6.99. The van der Waals surface area contributed by atoms with Gasteiger partial charge in [0.15, 0.2) is 0 Å². The highest BCUT2D eigenvalue weighted by Crippen LogP contribution is 2.20. The Hall–Kier alpha value is -2.41. The summed E-state index contributed by atoms with van der Waals surface area (Å²) >= 11 is 0. The van der Waals surface area contributed by atoms with Gasteiger partial charge in [-0.3, -0.25) is 14.4 Å². The van der Waals surface area contributed by atoms with Crippen molar-refractivity contribution in [2.75, 3.05) is 13.1 Å². The minimum absolute atomic E-state index is 0.197. The first kappa shape index (κ1) is 18.9. The van der Waals surface area contributed by atoms with Crippen LogP contribution in [0.4, 0.5) is 0 Å². The van der Waals surface area contributed by atoms with Gasteiger partial charge in [0.05, 0.1) is 6.42 Å². The average molecular weight is 346 g/mol. The zero-order valence-electron chi connectivity index (χ0n) is 14.7. The lowest BCUT2D eigenvalue weighted by atomic mass is 9.85. The summed E-state index contributed by atoms with van der Waals surface area (Å²) < 4.78 is 0. The summed E-state index contributed by atoms with van der Waals surface area (Å²) in [4.78, 5) is 36.9. The topological polar surface area (TPSA) is 113 Å². The maximum absolute atomic E-state index is 12.9. The molecule has 7 heteroatoms. The summed E-state index contributed by atoms with van der Waals surface area (Å²) in [5.74, 6) is -1.22. The number of hydrogen-bond acceptors (Lipinski definition) is 4. The van der Waals surface area contributed by atoms with E-state index in [1.807, 2.05) is 30.3 Å². The predicted molar refractivity (Wildman–Crippen MR) is 94.5 cm³/mol. The number of primary amides is 1. The van der Waals surface area contributed by atoms with Gasteiger partial charge in [0, 0.05) is 0 Å². The Kier molecular flexibility index (Phi) is 5.79. The summed E-state index contributed by atoms with van der Waals surface area (Å²) in [6, 6.07) is 9.35. The molecule has 1 saturated heterocycles. The lowest BCUT2D eigenvalue weighted by molar-refractivity contribution is -0.138. The molecule has 0 aliphatic carbocycles. The van der Waals surface area contributed by atoms with Gasteiger partial charge in [0.25, 0.3) is 0 Å². The van der Waals surface area contributed by atoms with E-state index < -0.39 is 17.0 Å². The summed E-state index contributed by atoms with van der Waals surface area (Å²) in [7, 11) is 0. The molecule has 1 aliphatic heterocycles. The van der Waals surface area contributed by atoms with Gasteiger partial charge < -0.3 is 21.7 Å². The number of amides is 3.